The van der Waals surface area contributed by atoms with Crippen LogP contribution in [0, 0.1) is 13.8 Å². The summed E-state index contributed by atoms with van der Waals surface area (Å²) < 4.78 is 23.6. The fraction of sp³-hybridized carbons (Fsp3) is 0.500. The van der Waals surface area contributed by atoms with Crippen molar-refractivity contribution in [2.24, 2.45) is 10.2 Å². The third kappa shape index (κ3) is 7.73. The molecule has 158 valence electrons. The molecule has 0 spiro atoms. The number of rotatable bonds is 11. The molecule has 0 N–H and O–H groups in total. The molecule has 0 amide bonds. The van der Waals surface area contributed by atoms with Crippen LogP contribution in [0.1, 0.15) is 62.6 Å². The fourth-order valence-electron chi connectivity index (χ4n) is 3.19. The Morgan fingerprint density at radius 3 is 2.21 bits per heavy atom. The second kappa shape index (κ2) is 11.2. The molecule has 0 aliphatic rings. The summed E-state index contributed by atoms with van der Waals surface area (Å²) in [5.41, 5.74) is 5.49. The van der Waals surface area contributed by atoms with E-state index in [1.807, 2.05) is 37.3 Å². The molecule has 0 aliphatic heterocycles. The summed E-state index contributed by atoms with van der Waals surface area (Å²) in [7, 11) is -2.89. The van der Waals surface area contributed by atoms with Crippen LogP contribution < -0.4 is 0 Å². The molecule has 0 radical (unpaired) electrons. The van der Waals surface area contributed by atoms with Crippen LogP contribution >= 0.6 is 0 Å². The first-order valence-electron chi connectivity index (χ1n) is 10.6. The number of hydrogen-bond donors (Lipinski definition) is 0. The Morgan fingerprint density at radius 2 is 1.52 bits per heavy atom. The second-order valence-electron chi connectivity index (χ2n) is 8.03. The van der Waals surface area contributed by atoms with E-state index in [-0.39, 0.29) is 5.25 Å². The Balaban J connectivity index is 1.75. The van der Waals surface area contributed by atoms with Gasteiger partial charge in [-0.25, -0.2) is 8.42 Å². The number of nitrogens with zero attached hydrogens (tertiary/aromatic N) is 2. The van der Waals surface area contributed by atoms with Gasteiger partial charge in [-0.3, -0.25) is 0 Å². The predicted octanol–water partition coefficient (Wildman–Crippen LogP) is 7.04. The van der Waals surface area contributed by atoms with Gasteiger partial charge in [0.1, 0.15) is 0 Å². The SMILES string of the molecule is Cc1cc(N=Nc2ccccc2C)ccc1CCCCCCCS(=O)(=O)C(C)C. The minimum Gasteiger partial charge on any atom is -0.229 e. The summed E-state index contributed by atoms with van der Waals surface area (Å²) in [6, 6.07) is 14.2. The molecule has 0 fully saturated rings. The number of sulfone groups is 1. The highest BCUT2D eigenvalue weighted by Gasteiger charge is 2.14. The summed E-state index contributed by atoms with van der Waals surface area (Å²) in [6.45, 7) is 7.67. The lowest BCUT2D eigenvalue weighted by Crippen LogP contribution is -2.17. The Labute approximate surface area is 176 Å². The van der Waals surface area contributed by atoms with Gasteiger partial charge < -0.3 is 0 Å². The van der Waals surface area contributed by atoms with Crippen molar-refractivity contribution >= 4 is 21.2 Å². The average Bonchev–Trinajstić information content (AvgIpc) is 2.67. The first-order valence-corrected chi connectivity index (χ1v) is 12.3. The lowest BCUT2D eigenvalue weighted by Gasteiger charge is -2.08. The summed E-state index contributed by atoms with van der Waals surface area (Å²) in [6.07, 6.45) is 6.17. The maximum absolute atomic E-state index is 11.8. The van der Waals surface area contributed by atoms with E-state index >= 15 is 0 Å². The molecule has 0 aliphatic carbocycles. The van der Waals surface area contributed by atoms with Crippen LogP contribution in [0.5, 0.6) is 0 Å². The second-order valence-corrected chi connectivity index (χ2v) is 10.7. The molecule has 0 atom stereocenters. The van der Waals surface area contributed by atoms with E-state index in [0.29, 0.717) is 5.75 Å². The predicted molar refractivity (Wildman–Crippen MR) is 122 cm³/mol. The minimum atomic E-state index is -2.89. The van der Waals surface area contributed by atoms with Crippen molar-refractivity contribution in [1.82, 2.24) is 0 Å². The standard InChI is InChI=1S/C24H34N2O2S/c1-19(2)29(27,28)17-11-7-5-6-8-13-22-15-16-23(18-21(22)4)25-26-24-14-10-9-12-20(24)3/h9-10,12,14-16,18-19H,5-8,11,13,17H2,1-4H3. The molecule has 2 aromatic carbocycles. The van der Waals surface area contributed by atoms with Crippen molar-refractivity contribution < 1.29 is 8.42 Å². The largest absolute Gasteiger partial charge is 0.229 e. The van der Waals surface area contributed by atoms with E-state index in [4.69, 9.17) is 0 Å². The summed E-state index contributed by atoms with van der Waals surface area (Å²) in [4.78, 5) is 0. The summed E-state index contributed by atoms with van der Waals surface area (Å²) in [5.74, 6) is 0.322. The highest BCUT2D eigenvalue weighted by molar-refractivity contribution is 7.91. The van der Waals surface area contributed by atoms with Crippen LogP contribution in [0.3, 0.4) is 0 Å². The highest BCUT2D eigenvalue weighted by atomic mass is 32.2. The molecule has 0 aromatic heterocycles. The van der Waals surface area contributed by atoms with Crippen LogP contribution in [-0.4, -0.2) is 19.4 Å². The monoisotopic (exact) mass is 414 g/mol. The lowest BCUT2D eigenvalue weighted by atomic mass is 10.0. The molecule has 2 rings (SSSR count). The van der Waals surface area contributed by atoms with Crippen LogP contribution in [0.4, 0.5) is 11.4 Å². The van der Waals surface area contributed by atoms with Crippen molar-refractivity contribution in [2.75, 3.05) is 5.75 Å². The lowest BCUT2D eigenvalue weighted by molar-refractivity contribution is 0.577. The summed E-state index contributed by atoms with van der Waals surface area (Å²) in [5, 5.41) is 8.48. The topological polar surface area (TPSA) is 58.9 Å². The van der Waals surface area contributed by atoms with Crippen molar-refractivity contribution in [3.63, 3.8) is 0 Å². The number of unbranched alkanes of at least 4 members (excludes halogenated alkanes) is 4. The van der Waals surface area contributed by atoms with Crippen molar-refractivity contribution in [2.45, 2.75) is 71.5 Å². The maximum atomic E-state index is 11.8. The van der Waals surface area contributed by atoms with Gasteiger partial charge in [-0.1, -0.05) is 43.5 Å². The average molecular weight is 415 g/mol. The van der Waals surface area contributed by atoms with E-state index in [9.17, 15) is 8.42 Å². The van der Waals surface area contributed by atoms with E-state index in [1.54, 1.807) is 13.8 Å². The molecule has 29 heavy (non-hydrogen) atoms. The Kier molecular flexibility index (Phi) is 9.02. The number of aryl methyl sites for hydroxylation is 3. The van der Waals surface area contributed by atoms with Crippen molar-refractivity contribution in [3.05, 3.63) is 59.2 Å². The van der Waals surface area contributed by atoms with E-state index in [0.717, 1.165) is 55.5 Å². The molecule has 0 saturated carbocycles. The molecule has 0 saturated heterocycles. The van der Waals surface area contributed by atoms with E-state index < -0.39 is 9.84 Å². The molecule has 2 aromatic rings. The smallest absolute Gasteiger partial charge is 0.152 e. The molecule has 0 bridgehead atoms. The molecule has 0 heterocycles. The van der Waals surface area contributed by atoms with Gasteiger partial charge in [-0.05, 0) is 81.8 Å². The Bertz CT molecular complexity index is 918. The molecular weight excluding hydrogens is 380 g/mol. The van der Waals surface area contributed by atoms with Crippen LogP contribution in [0.25, 0.3) is 0 Å². The zero-order valence-electron chi connectivity index (χ0n) is 18.2. The molecule has 4 nitrogen and oxygen atoms in total. The molecular formula is C24H34N2O2S. The van der Waals surface area contributed by atoms with Crippen LogP contribution in [-0.2, 0) is 16.3 Å². The van der Waals surface area contributed by atoms with Gasteiger partial charge in [0.05, 0.1) is 22.4 Å². The number of hydrogen-bond acceptors (Lipinski definition) is 4. The van der Waals surface area contributed by atoms with Gasteiger partial charge in [0.2, 0.25) is 0 Å². The first-order chi connectivity index (χ1) is 13.8. The molecule has 0 unspecified atom stereocenters. The van der Waals surface area contributed by atoms with Gasteiger partial charge in [0, 0.05) is 0 Å². The first kappa shape index (κ1) is 23.3. The van der Waals surface area contributed by atoms with Crippen molar-refractivity contribution in [1.29, 1.82) is 0 Å². The van der Waals surface area contributed by atoms with Gasteiger partial charge in [0.25, 0.3) is 0 Å². The van der Waals surface area contributed by atoms with E-state index in [2.05, 4.69) is 29.3 Å². The Morgan fingerprint density at radius 1 is 0.828 bits per heavy atom. The zero-order valence-corrected chi connectivity index (χ0v) is 19.0. The normalized spacial score (nSPS) is 12.2. The number of azo groups is 1. The maximum Gasteiger partial charge on any atom is 0.152 e. The highest BCUT2D eigenvalue weighted by Crippen LogP contribution is 2.24. The van der Waals surface area contributed by atoms with E-state index in [1.165, 1.54) is 11.1 Å². The van der Waals surface area contributed by atoms with Gasteiger partial charge in [-0.2, -0.15) is 10.2 Å². The van der Waals surface area contributed by atoms with Crippen molar-refractivity contribution in [3.8, 4) is 0 Å². The summed E-state index contributed by atoms with van der Waals surface area (Å²) >= 11 is 0. The zero-order chi connectivity index (χ0) is 21.3. The van der Waals surface area contributed by atoms with Gasteiger partial charge in [-0.15, -0.1) is 0 Å². The third-order valence-electron chi connectivity index (χ3n) is 5.31. The third-order valence-corrected chi connectivity index (χ3v) is 7.60. The Hall–Kier alpha value is -2.01. The number of benzene rings is 2. The minimum absolute atomic E-state index is 0.260. The van der Waals surface area contributed by atoms with Crippen LogP contribution in [0.15, 0.2) is 52.7 Å². The fourth-order valence-corrected chi connectivity index (χ4v) is 4.27. The van der Waals surface area contributed by atoms with Crippen LogP contribution in [0.2, 0.25) is 0 Å². The van der Waals surface area contributed by atoms with Gasteiger partial charge in [0.15, 0.2) is 9.84 Å². The molecule has 5 heteroatoms. The van der Waals surface area contributed by atoms with Gasteiger partial charge >= 0.3 is 0 Å². The quantitative estimate of drug-likeness (QED) is 0.292.